The molecule has 0 aliphatic carbocycles. The van der Waals surface area contributed by atoms with Crippen LogP contribution in [0, 0.1) is 0 Å². The third-order valence-electron chi connectivity index (χ3n) is 2.51. The highest BCUT2D eigenvalue weighted by molar-refractivity contribution is 6.32. The lowest BCUT2D eigenvalue weighted by atomic mass is 10.1. The highest BCUT2D eigenvalue weighted by Gasteiger charge is 2.21. The maximum absolute atomic E-state index is 11.7. The minimum atomic E-state index is -0.255. The van der Waals surface area contributed by atoms with Crippen molar-refractivity contribution >= 4 is 23.3 Å². The van der Waals surface area contributed by atoms with Crippen molar-refractivity contribution in [2.75, 3.05) is 11.9 Å². The summed E-state index contributed by atoms with van der Waals surface area (Å²) in [7, 11) is 0. The molecule has 2 N–H and O–H groups in total. The summed E-state index contributed by atoms with van der Waals surface area (Å²) in [6.07, 6.45) is 5.74. The first-order valence-electron chi connectivity index (χ1n) is 5.27. The molecule has 1 amide bonds. The maximum Gasteiger partial charge on any atom is 0.242 e. The van der Waals surface area contributed by atoms with Gasteiger partial charge in [-0.3, -0.25) is 4.79 Å². The predicted octanol–water partition coefficient (Wildman–Crippen LogP) is 1.21. The lowest BCUT2D eigenvalue weighted by Crippen LogP contribution is -2.38. The minimum absolute atomic E-state index is 0.00665. The third-order valence-corrected chi connectivity index (χ3v) is 2.79. The van der Waals surface area contributed by atoms with E-state index in [4.69, 9.17) is 11.6 Å². The number of nitrogens with zero attached hydrogens (tertiary/aromatic N) is 2. The van der Waals surface area contributed by atoms with Crippen molar-refractivity contribution in [3.63, 3.8) is 0 Å². The second-order valence-electron chi connectivity index (χ2n) is 3.70. The van der Waals surface area contributed by atoms with Gasteiger partial charge in [0.2, 0.25) is 5.91 Å². The molecule has 5 nitrogen and oxygen atoms in total. The molecule has 0 saturated carbocycles. The highest BCUT2D eigenvalue weighted by Crippen LogP contribution is 2.19. The zero-order valence-corrected chi connectivity index (χ0v) is 9.50. The van der Waals surface area contributed by atoms with Gasteiger partial charge in [-0.05, 0) is 19.3 Å². The molecule has 1 aliphatic rings. The number of aromatic nitrogens is 2. The van der Waals surface area contributed by atoms with Crippen molar-refractivity contribution < 1.29 is 4.79 Å². The van der Waals surface area contributed by atoms with Gasteiger partial charge in [0.05, 0.1) is 6.20 Å². The normalized spacial score (nSPS) is 21.1. The fraction of sp³-hybridized carbons (Fsp3) is 0.500. The summed E-state index contributed by atoms with van der Waals surface area (Å²) >= 11 is 5.91. The summed E-state index contributed by atoms with van der Waals surface area (Å²) in [5.41, 5.74) is 0. The topological polar surface area (TPSA) is 66.9 Å². The first-order valence-corrected chi connectivity index (χ1v) is 5.65. The molecule has 1 aromatic heterocycles. The standard InChI is InChI=1S/C10H13ClN4O/c11-7-5-12-6-14-9(7)15-8-3-1-2-4-13-10(8)16/h5-6,8H,1-4H2,(H,13,16)(H,12,14,15). The Hall–Kier alpha value is -1.36. The van der Waals surface area contributed by atoms with Crippen molar-refractivity contribution in [2.45, 2.75) is 25.3 Å². The molecule has 1 fully saturated rings. The Labute approximate surface area is 98.6 Å². The number of rotatable bonds is 2. The SMILES string of the molecule is O=C1NCCCCC1Nc1ncncc1Cl. The third kappa shape index (κ3) is 2.61. The van der Waals surface area contributed by atoms with E-state index in [1.54, 1.807) is 0 Å². The molecule has 0 bridgehead atoms. The van der Waals surface area contributed by atoms with Crippen molar-refractivity contribution in [1.82, 2.24) is 15.3 Å². The summed E-state index contributed by atoms with van der Waals surface area (Å²) in [6, 6.07) is -0.255. The molecular formula is C10H13ClN4O. The summed E-state index contributed by atoms with van der Waals surface area (Å²) < 4.78 is 0. The van der Waals surface area contributed by atoms with Crippen LogP contribution in [0.15, 0.2) is 12.5 Å². The van der Waals surface area contributed by atoms with Gasteiger partial charge in [0.25, 0.3) is 0 Å². The van der Waals surface area contributed by atoms with E-state index >= 15 is 0 Å². The van der Waals surface area contributed by atoms with E-state index in [1.807, 2.05) is 0 Å². The molecule has 1 aliphatic heterocycles. The average Bonchev–Trinajstić information content (AvgIpc) is 2.48. The zero-order valence-electron chi connectivity index (χ0n) is 8.74. The average molecular weight is 241 g/mol. The van der Waals surface area contributed by atoms with Crippen LogP contribution in [0.4, 0.5) is 5.82 Å². The Balaban J connectivity index is 2.08. The summed E-state index contributed by atoms with van der Waals surface area (Å²) in [5.74, 6) is 0.519. The quantitative estimate of drug-likeness (QED) is 0.816. The van der Waals surface area contributed by atoms with Gasteiger partial charge in [0, 0.05) is 6.54 Å². The maximum atomic E-state index is 11.7. The fourth-order valence-corrected chi connectivity index (χ4v) is 1.82. The van der Waals surface area contributed by atoms with Crippen LogP contribution < -0.4 is 10.6 Å². The van der Waals surface area contributed by atoms with E-state index in [2.05, 4.69) is 20.6 Å². The fourth-order valence-electron chi connectivity index (χ4n) is 1.66. The molecule has 16 heavy (non-hydrogen) atoms. The van der Waals surface area contributed by atoms with Crippen LogP contribution in [0.3, 0.4) is 0 Å². The summed E-state index contributed by atoms with van der Waals surface area (Å²) in [4.78, 5) is 19.5. The van der Waals surface area contributed by atoms with Gasteiger partial charge in [0.1, 0.15) is 23.2 Å². The molecule has 0 radical (unpaired) electrons. The second kappa shape index (κ2) is 5.12. The van der Waals surface area contributed by atoms with Crippen LogP contribution in [-0.2, 0) is 4.79 Å². The number of carbonyl (C=O) groups is 1. The van der Waals surface area contributed by atoms with E-state index in [-0.39, 0.29) is 11.9 Å². The van der Waals surface area contributed by atoms with Crippen molar-refractivity contribution in [2.24, 2.45) is 0 Å². The number of anilines is 1. The van der Waals surface area contributed by atoms with E-state index in [0.717, 1.165) is 25.8 Å². The molecule has 2 rings (SSSR count). The number of halogens is 1. The smallest absolute Gasteiger partial charge is 0.242 e. The van der Waals surface area contributed by atoms with Crippen molar-refractivity contribution in [3.8, 4) is 0 Å². The Bertz CT molecular complexity index is 385. The highest BCUT2D eigenvalue weighted by atomic mass is 35.5. The Morgan fingerprint density at radius 1 is 1.50 bits per heavy atom. The molecule has 1 saturated heterocycles. The number of nitrogens with one attached hydrogen (secondary N) is 2. The second-order valence-corrected chi connectivity index (χ2v) is 4.11. The molecule has 6 heteroatoms. The Kier molecular flexibility index (Phi) is 3.56. The van der Waals surface area contributed by atoms with Gasteiger partial charge in [-0.1, -0.05) is 11.6 Å². The van der Waals surface area contributed by atoms with Gasteiger partial charge in [-0.25, -0.2) is 9.97 Å². The molecule has 0 spiro atoms. The predicted molar refractivity (Wildman–Crippen MR) is 61.3 cm³/mol. The van der Waals surface area contributed by atoms with Crippen molar-refractivity contribution in [1.29, 1.82) is 0 Å². The van der Waals surface area contributed by atoms with E-state index in [9.17, 15) is 4.79 Å². The van der Waals surface area contributed by atoms with Gasteiger partial charge in [-0.2, -0.15) is 0 Å². The first-order chi connectivity index (χ1) is 7.77. The Morgan fingerprint density at radius 3 is 3.19 bits per heavy atom. The van der Waals surface area contributed by atoms with E-state index < -0.39 is 0 Å². The first kappa shape index (κ1) is 11.1. The molecule has 1 atom stereocenters. The van der Waals surface area contributed by atoms with Crippen LogP contribution in [0.1, 0.15) is 19.3 Å². The Morgan fingerprint density at radius 2 is 2.38 bits per heavy atom. The molecule has 0 aromatic carbocycles. The van der Waals surface area contributed by atoms with Crippen LogP contribution in [0.2, 0.25) is 5.02 Å². The monoisotopic (exact) mass is 240 g/mol. The van der Waals surface area contributed by atoms with Crippen molar-refractivity contribution in [3.05, 3.63) is 17.5 Å². The molecule has 2 heterocycles. The van der Waals surface area contributed by atoms with Crippen LogP contribution >= 0.6 is 11.6 Å². The minimum Gasteiger partial charge on any atom is -0.357 e. The number of amides is 1. The van der Waals surface area contributed by atoms with E-state index in [0.29, 0.717) is 10.8 Å². The largest absolute Gasteiger partial charge is 0.357 e. The zero-order chi connectivity index (χ0) is 11.4. The van der Waals surface area contributed by atoms with Crippen LogP contribution in [0.5, 0.6) is 0 Å². The van der Waals surface area contributed by atoms with Crippen LogP contribution in [-0.4, -0.2) is 28.5 Å². The van der Waals surface area contributed by atoms with Gasteiger partial charge < -0.3 is 10.6 Å². The molecule has 1 aromatic rings. The lowest BCUT2D eigenvalue weighted by Gasteiger charge is -2.16. The van der Waals surface area contributed by atoms with Gasteiger partial charge in [0.15, 0.2) is 0 Å². The number of carbonyl (C=O) groups excluding carboxylic acids is 1. The number of hydrogen-bond acceptors (Lipinski definition) is 4. The van der Waals surface area contributed by atoms with Gasteiger partial charge in [-0.15, -0.1) is 0 Å². The molecular weight excluding hydrogens is 228 g/mol. The van der Waals surface area contributed by atoms with E-state index in [1.165, 1.54) is 12.5 Å². The van der Waals surface area contributed by atoms with Crippen LogP contribution in [0.25, 0.3) is 0 Å². The summed E-state index contributed by atoms with van der Waals surface area (Å²) in [6.45, 7) is 0.745. The van der Waals surface area contributed by atoms with Gasteiger partial charge >= 0.3 is 0 Å². The number of hydrogen-bond donors (Lipinski definition) is 2. The lowest BCUT2D eigenvalue weighted by molar-refractivity contribution is -0.121. The summed E-state index contributed by atoms with van der Waals surface area (Å²) in [5, 5.41) is 6.32. The molecule has 1 unspecified atom stereocenters. The molecule has 86 valence electrons.